The van der Waals surface area contributed by atoms with Crippen molar-refractivity contribution in [1.82, 2.24) is 0 Å². The summed E-state index contributed by atoms with van der Waals surface area (Å²) in [6, 6.07) is 7.44. The lowest BCUT2D eigenvalue weighted by molar-refractivity contribution is -0.148. The predicted octanol–water partition coefficient (Wildman–Crippen LogP) is 1.68. The van der Waals surface area contributed by atoms with Gasteiger partial charge < -0.3 is 15.6 Å². The van der Waals surface area contributed by atoms with Gasteiger partial charge in [-0.3, -0.25) is 4.79 Å². The zero-order valence-electron chi connectivity index (χ0n) is 10.3. The average molecular weight is 237 g/mol. The maximum absolute atomic E-state index is 11.4. The number of nitrogens with two attached hydrogens (primary N) is 1. The topological polar surface area (TPSA) is 72.5 Å². The van der Waals surface area contributed by atoms with Gasteiger partial charge in [-0.15, -0.1) is 0 Å². The minimum absolute atomic E-state index is 0.122. The van der Waals surface area contributed by atoms with Crippen molar-refractivity contribution in [3.8, 4) is 5.75 Å². The molecule has 0 bridgehead atoms. The number of hydrogen-bond acceptors (Lipinski definition) is 3. The van der Waals surface area contributed by atoms with Crippen molar-refractivity contribution in [3.05, 3.63) is 29.8 Å². The van der Waals surface area contributed by atoms with E-state index < -0.39 is 11.4 Å². The van der Waals surface area contributed by atoms with Crippen LogP contribution in [0.5, 0.6) is 5.75 Å². The third-order valence-corrected chi connectivity index (χ3v) is 3.24. The SMILES string of the molecule is CCC(CN)(Cc1ccccc1OC)C(=O)O. The van der Waals surface area contributed by atoms with Crippen molar-refractivity contribution in [2.75, 3.05) is 13.7 Å². The normalized spacial score (nSPS) is 14.1. The fourth-order valence-electron chi connectivity index (χ4n) is 1.87. The third-order valence-electron chi connectivity index (χ3n) is 3.24. The summed E-state index contributed by atoms with van der Waals surface area (Å²) in [4.78, 5) is 11.4. The molecule has 1 rings (SSSR count). The van der Waals surface area contributed by atoms with E-state index in [2.05, 4.69) is 0 Å². The van der Waals surface area contributed by atoms with E-state index in [1.165, 1.54) is 0 Å². The number of hydrogen-bond donors (Lipinski definition) is 2. The Morgan fingerprint density at radius 2 is 2.12 bits per heavy atom. The molecule has 94 valence electrons. The standard InChI is InChI=1S/C13H19NO3/c1-3-13(9-14,12(15)16)8-10-6-4-5-7-11(10)17-2/h4-7H,3,8-9,14H2,1-2H3,(H,15,16). The fraction of sp³-hybridized carbons (Fsp3) is 0.462. The first-order chi connectivity index (χ1) is 8.09. The molecular formula is C13H19NO3. The van der Waals surface area contributed by atoms with Gasteiger partial charge in [0.05, 0.1) is 12.5 Å². The summed E-state index contributed by atoms with van der Waals surface area (Å²) in [6.45, 7) is 1.97. The Morgan fingerprint density at radius 3 is 2.59 bits per heavy atom. The quantitative estimate of drug-likeness (QED) is 0.789. The summed E-state index contributed by atoms with van der Waals surface area (Å²) >= 11 is 0. The molecule has 0 aliphatic carbocycles. The van der Waals surface area contributed by atoms with Gasteiger partial charge in [-0.2, -0.15) is 0 Å². The van der Waals surface area contributed by atoms with Crippen LogP contribution in [0.25, 0.3) is 0 Å². The molecule has 3 N–H and O–H groups in total. The smallest absolute Gasteiger partial charge is 0.311 e. The van der Waals surface area contributed by atoms with Gasteiger partial charge in [-0.1, -0.05) is 25.1 Å². The van der Waals surface area contributed by atoms with Gasteiger partial charge in [0.1, 0.15) is 5.75 Å². The van der Waals surface area contributed by atoms with E-state index in [1.807, 2.05) is 31.2 Å². The molecular weight excluding hydrogens is 218 g/mol. The second kappa shape index (κ2) is 5.68. The van der Waals surface area contributed by atoms with E-state index in [9.17, 15) is 9.90 Å². The second-order valence-electron chi connectivity index (χ2n) is 4.13. The first-order valence-electron chi connectivity index (χ1n) is 5.65. The van der Waals surface area contributed by atoms with Gasteiger partial charge in [0.15, 0.2) is 0 Å². The first-order valence-corrected chi connectivity index (χ1v) is 5.65. The highest BCUT2D eigenvalue weighted by molar-refractivity contribution is 5.75. The lowest BCUT2D eigenvalue weighted by Gasteiger charge is -2.27. The largest absolute Gasteiger partial charge is 0.496 e. The Hall–Kier alpha value is -1.55. The van der Waals surface area contributed by atoms with Crippen LogP contribution in [0.1, 0.15) is 18.9 Å². The van der Waals surface area contributed by atoms with Gasteiger partial charge >= 0.3 is 5.97 Å². The zero-order chi connectivity index (χ0) is 12.9. The van der Waals surface area contributed by atoms with Crippen molar-refractivity contribution in [3.63, 3.8) is 0 Å². The predicted molar refractivity (Wildman–Crippen MR) is 66.1 cm³/mol. The summed E-state index contributed by atoms with van der Waals surface area (Å²) in [6.07, 6.45) is 0.885. The Kier molecular flexibility index (Phi) is 4.52. The van der Waals surface area contributed by atoms with E-state index in [-0.39, 0.29) is 6.54 Å². The van der Waals surface area contributed by atoms with Crippen molar-refractivity contribution < 1.29 is 14.6 Å². The number of carbonyl (C=O) groups is 1. The van der Waals surface area contributed by atoms with E-state index in [1.54, 1.807) is 7.11 Å². The highest BCUT2D eigenvalue weighted by Crippen LogP contribution is 2.30. The number of ether oxygens (including phenoxy) is 1. The third kappa shape index (κ3) is 2.77. The molecule has 17 heavy (non-hydrogen) atoms. The van der Waals surface area contributed by atoms with E-state index in [4.69, 9.17) is 10.5 Å². The zero-order valence-corrected chi connectivity index (χ0v) is 10.3. The number of carboxylic acids is 1. The van der Waals surface area contributed by atoms with Crippen LogP contribution in [0.15, 0.2) is 24.3 Å². The molecule has 1 aromatic rings. The van der Waals surface area contributed by atoms with Crippen LogP contribution in [-0.2, 0) is 11.2 Å². The molecule has 0 aliphatic heterocycles. The van der Waals surface area contributed by atoms with Crippen molar-refractivity contribution in [2.24, 2.45) is 11.1 Å². The fourth-order valence-corrected chi connectivity index (χ4v) is 1.87. The summed E-state index contributed by atoms with van der Waals surface area (Å²) in [5, 5.41) is 9.33. The van der Waals surface area contributed by atoms with Gasteiger partial charge in [0.2, 0.25) is 0 Å². The summed E-state index contributed by atoms with van der Waals surface area (Å²) in [5.41, 5.74) is 5.61. The van der Waals surface area contributed by atoms with Gasteiger partial charge in [-0.05, 0) is 24.5 Å². The Bertz CT molecular complexity index is 386. The molecule has 0 heterocycles. The van der Waals surface area contributed by atoms with Gasteiger partial charge in [0, 0.05) is 6.54 Å². The van der Waals surface area contributed by atoms with Crippen LogP contribution in [0, 0.1) is 5.41 Å². The number of rotatable bonds is 6. The molecule has 0 amide bonds. The maximum Gasteiger partial charge on any atom is 0.311 e. The van der Waals surface area contributed by atoms with Crippen LogP contribution in [0.2, 0.25) is 0 Å². The van der Waals surface area contributed by atoms with Crippen LogP contribution in [0.3, 0.4) is 0 Å². The highest BCUT2D eigenvalue weighted by atomic mass is 16.5. The molecule has 0 radical (unpaired) electrons. The van der Waals surface area contributed by atoms with Gasteiger partial charge in [0.25, 0.3) is 0 Å². The lowest BCUT2D eigenvalue weighted by Crippen LogP contribution is -2.40. The Balaban J connectivity index is 3.05. The number of aliphatic carboxylic acids is 1. The van der Waals surface area contributed by atoms with Gasteiger partial charge in [-0.25, -0.2) is 0 Å². The minimum atomic E-state index is -0.908. The molecule has 0 aliphatic rings. The molecule has 0 saturated carbocycles. The van der Waals surface area contributed by atoms with E-state index in [0.29, 0.717) is 18.6 Å². The Morgan fingerprint density at radius 1 is 1.47 bits per heavy atom. The molecule has 0 saturated heterocycles. The minimum Gasteiger partial charge on any atom is -0.496 e. The van der Waals surface area contributed by atoms with Crippen molar-refractivity contribution in [1.29, 1.82) is 0 Å². The molecule has 0 spiro atoms. The number of carboxylic acid groups (broad SMARTS) is 1. The van der Waals surface area contributed by atoms with Crippen LogP contribution >= 0.6 is 0 Å². The molecule has 1 aromatic carbocycles. The first kappa shape index (κ1) is 13.5. The molecule has 0 aromatic heterocycles. The van der Waals surface area contributed by atoms with Crippen LogP contribution < -0.4 is 10.5 Å². The molecule has 4 nitrogen and oxygen atoms in total. The number of methoxy groups -OCH3 is 1. The van der Waals surface area contributed by atoms with E-state index in [0.717, 1.165) is 5.56 Å². The number of benzene rings is 1. The van der Waals surface area contributed by atoms with Crippen LogP contribution in [-0.4, -0.2) is 24.7 Å². The van der Waals surface area contributed by atoms with Crippen molar-refractivity contribution >= 4 is 5.97 Å². The highest BCUT2D eigenvalue weighted by Gasteiger charge is 2.36. The summed E-state index contributed by atoms with van der Waals surface area (Å²) in [5.74, 6) is -0.145. The summed E-state index contributed by atoms with van der Waals surface area (Å²) < 4.78 is 5.23. The van der Waals surface area contributed by atoms with E-state index >= 15 is 0 Å². The Labute approximate surface area is 101 Å². The second-order valence-corrected chi connectivity index (χ2v) is 4.13. The van der Waals surface area contributed by atoms with Crippen LogP contribution in [0.4, 0.5) is 0 Å². The average Bonchev–Trinajstić information content (AvgIpc) is 2.36. The summed E-state index contributed by atoms with van der Waals surface area (Å²) in [7, 11) is 1.58. The monoisotopic (exact) mass is 237 g/mol. The lowest BCUT2D eigenvalue weighted by atomic mass is 9.79. The molecule has 0 fully saturated rings. The molecule has 4 heteroatoms. The van der Waals surface area contributed by atoms with Crippen molar-refractivity contribution in [2.45, 2.75) is 19.8 Å². The molecule has 1 atom stereocenters. The molecule has 1 unspecified atom stereocenters. The maximum atomic E-state index is 11.4. The number of para-hydroxylation sites is 1.